The summed E-state index contributed by atoms with van der Waals surface area (Å²) in [6.45, 7) is 8.53. The molecular weight excluding hydrogens is 174 g/mol. The van der Waals surface area contributed by atoms with Crippen LogP contribution in [0.25, 0.3) is 0 Å². The van der Waals surface area contributed by atoms with Crippen LogP contribution in [0.1, 0.15) is 33.6 Å². The molecule has 0 aliphatic carbocycles. The second-order valence-electron chi connectivity index (χ2n) is 5.00. The normalized spacial score (nSPS) is 23.3. The van der Waals surface area contributed by atoms with E-state index in [0.29, 0.717) is 6.04 Å². The lowest BCUT2D eigenvalue weighted by Gasteiger charge is -2.19. The smallest absolute Gasteiger partial charge is 0.0604 e. The second kappa shape index (κ2) is 4.82. The monoisotopic (exact) mass is 195 g/mol. The molecule has 2 heteroatoms. The third kappa shape index (κ3) is 3.69. The van der Waals surface area contributed by atoms with Crippen LogP contribution in [-0.4, -0.2) is 35.7 Å². The average molecular weight is 195 g/mol. The third-order valence-electron chi connectivity index (χ3n) is 2.46. The van der Waals surface area contributed by atoms with Gasteiger partial charge in [-0.05, 0) is 40.2 Å². The standard InChI is InChI=1S/C12H21NO/c1-12(2,3)7-5-9-13-8-4-6-11(13)10-14/h11,14H,4,6,8-10H2,1-3H3/t11-/m0/s1. The van der Waals surface area contributed by atoms with Gasteiger partial charge < -0.3 is 5.11 Å². The molecule has 14 heavy (non-hydrogen) atoms. The minimum atomic E-state index is 0.0917. The molecule has 1 N–H and O–H groups in total. The van der Waals surface area contributed by atoms with Crippen LogP contribution >= 0.6 is 0 Å². The second-order valence-corrected chi connectivity index (χ2v) is 5.00. The highest BCUT2D eigenvalue weighted by Gasteiger charge is 2.22. The Hall–Kier alpha value is -0.520. The van der Waals surface area contributed by atoms with Crippen LogP contribution in [-0.2, 0) is 0 Å². The molecule has 0 amide bonds. The van der Waals surface area contributed by atoms with Crippen LogP contribution in [0.2, 0.25) is 0 Å². The molecule has 1 saturated heterocycles. The molecule has 0 unspecified atom stereocenters. The maximum Gasteiger partial charge on any atom is 0.0604 e. The fraction of sp³-hybridized carbons (Fsp3) is 0.833. The van der Waals surface area contributed by atoms with E-state index in [1.165, 1.54) is 6.42 Å². The zero-order chi connectivity index (χ0) is 10.6. The molecule has 0 aromatic rings. The lowest BCUT2D eigenvalue weighted by molar-refractivity contribution is 0.171. The van der Waals surface area contributed by atoms with E-state index < -0.39 is 0 Å². The van der Waals surface area contributed by atoms with E-state index in [9.17, 15) is 0 Å². The van der Waals surface area contributed by atoms with Crippen LogP contribution in [0, 0.1) is 17.3 Å². The van der Waals surface area contributed by atoms with Crippen molar-refractivity contribution in [1.82, 2.24) is 4.90 Å². The zero-order valence-electron chi connectivity index (χ0n) is 9.51. The van der Waals surface area contributed by atoms with Crippen LogP contribution in [0.15, 0.2) is 0 Å². The van der Waals surface area contributed by atoms with E-state index in [1.807, 2.05) is 0 Å². The van der Waals surface area contributed by atoms with Crippen molar-refractivity contribution >= 4 is 0 Å². The van der Waals surface area contributed by atoms with Gasteiger partial charge in [0.05, 0.1) is 13.2 Å². The van der Waals surface area contributed by atoms with Gasteiger partial charge in [0.2, 0.25) is 0 Å². The fourth-order valence-corrected chi connectivity index (χ4v) is 1.72. The van der Waals surface area contributed by atoms with Gasteiger partial charge in [0.1, 0.15) is 0 Å². The zero-order valence-corrected chi connectivity index (χ0v) is 9.51. The van der Waals surface area contributed by atoms with Crippen LogP contribution in [0.3, 0.4) is 0 Å². The Morgan fingerprint density at radius 1 is 1.43 bits per heavy atom. The lowest BCUT2D eigenvalue weighted by Crippen LogP contribution is -2.32. The summed E-state index contributed by atoms with van der Waals surface area (Å²) in [4.78, 5) is 2.28. The summed E-state index contributed by atoms with van der Waals surface area (Å²) in [6, 6.07) is 0.351. The van der Waals surface area contributed by atoms with Crippen molar-refractivity contribution in [2.45, 2.75) is 39.7 Å². The van der Waals surface area contributed by atoms with Crippen molar-refractivity contribution in [3.05, 3.63) is 0 Å². The van der Waals surface area contributed by atoms with Crippen LogP contribution in [0.4, 0.5) is 0 Å². The number of hydrogen-bond donors (Lipinski definition) is 1. The van der Waals surface area contributed by atoms with Crippen molar-refractivity contribution in [2.24, 2.45) is 5.41 Å². The molecule has 1 aliphatic rings. The predicted molar refractivity (Wildman–Crippen MR) is 58.9 cm³/mol. The summed E-state index contributed by atoms with van der Waals surface area (Å²) in [6.07, 6.45) is 2.32. The van der Waals surface area contributed by atoms with Crippen molar-refractivity contribution in [3.8, 4) is 11.8 Å². The Kier molecular flexibility index (Phi) is 3.97. The fourth-order valence-electron chi connectivity index (χ4n) is 1.72. The number of likely N-dealkylation sites (tertiary alicyclic amines) is 1. The summed E-state index contributed by atoms with van der Waals surface area (Å²) < 4.78 is 0. The highest BCUT2D eigenvalue weighted by molar-refractivity contribution is 5.09. The molecule has 0 spiro atoms. The Balaban J connectivity index is 2.40. The molecule has 0 bridgehead atoms. The molecule has 1 atom stereocenters. The molecule has 0 aromatic heterocycles. The van der Waals surface area contributed by atoms with E-state index in [1.54, 1.807) is 0 Å². The summed E-state index contributed by atoms with van der Waals surface area (Å²) in [7, 11) is 0. The number of aliphatic hydroxyl groups is 1. The topological polar surface area (TPSA) is 23.5 Å². The van der Waals surface area contributed by atoms with Gasteiger partial charge in [0.15, 0.2) is 0 Å². The number of nitrogens with zero attached hydrogens (tertiary/aromatic N) is 1. The number of aliphatic hydroxyl groups excluding tert-OH is 1. The van der Waals surface area contributed by atoms with Crippen molar-refractivity contribution in [3.63, 3.8) is 0 Å². The van der Waals surface area contributed by atoms with E-state index in [2.05, 4.69) is 37.5 Å². The molecular formula is C12H21NO. The van der Waals surface area contributed by atoms with Crippen LogP contribution < -0.4 is 0 Å². The Bertz CT molecular complexity index is 231. The maximum atomic E-state index is 9.11. The first kappa shape index (κ1) is 11.6. The predicted octanol–water partition coefficient (Wildman–Crippen LogP) is 1.49. The molecule has 1 rings (SSSR count). The largest absolute Gasteiger partial charge is 0.395 e. The molecule has 1 heterocycles. The molecule has 0 saturated carbocycles. The summed E-state index contributed by atoms with van der Waals surface area (Å²) in [5, 5.41) is 9.11. The highest BCUT2D eigenvalue weighted by atomic mass is 16.3. The van der Waals surface area contributed by atoms with Gasteiger partial charge in [-0.2, -0.15) is 0 Å². The van der Waals surface area contributed by atoms with Gasteiger partial charge in [-0.3, -0.25) is 4.90 Å². The first-order valence-corrected chi connectivity index (χ1v) is 5.38. The van der Waals surface area contributed by atoms with E-state index >= 15 is 0 Å². The SMILES string of the molecule is CC(C)(C)C#CCN1CCC[C@H]1CO. The summed E-state index contributed by atoms with van der Waals surface area (Å²) >= 11 is 0. The summed E-state index contributed by atoms with van der Waals surface area (Å²) in [5.41, 5.74) is 0.0917. The quantitative estimate of drug-likeness (QED) is 0.675. The Morgan fingerprint density at radius 2 is 2.14 bits per heavy atom. The molecule has 0 radical (unpaired) electrons. The van der Waals surface area contributed by atoms with Gasteiger partial charge >= 0.3 is 0 Å². The van der Waals surface area contributed by atoms with Gasteiger partial charge in [-0.1, -0.05) is 11.8 Å². The molecule has 1 aliphatic heterocycles. The minimum Gasteiger partial charge on any atom is -0.395 e. The van der Waals surface area contributed by atoms with Gasteiger partial charge in [0.25, 0.3) is 0 Å². The molecule has 80 valence electrons. The van der Waals surface area contributed by atoms with Crippen molar-refractivity contribution < 1.29 is 5.11 Å². The van der Waals surface area contributed by atoms with Crippen molar-refractivity contribution in [1.29, 1.82) is 0 Å². The van der Waals surface area contributed by atoms with Gasteiger partial charge in [0, 0.05) is 11.5 Å². The molecule has 1 fully saturated rings. The minimum absolute atomic E-state index is 0.0917. The van der Waals surface area contributed by atoms with Gasteiger partial charge in [-0.25, -0.2) is 0 Å². The third-order valence-corrected chi connectivity index (χ3v) is 2.46. The lowest BCUT2D eigenvalue weighted by atomic mass is 9.98. The first-order valence-electron chi connectivity index (χ1n) is 5.38. The summed E-state index contributed by atoms with van der Waals surface area (Å²) in [5.74, 6) is 6.42. The van der Waals surface area contributed by atoms with E-state index in [0.717, 1.165) is 19.5 Å². The van der Waals surface area contributed by atoms with E-state index in [4.69, 9.17) is 5.11 Å². The van der Waals surface area contributed by atoms with Gasteiger partial charge in [-0.15, -0.1) is 0 Å². The van der Waals surface area contributed by atoms with E-state index in [-0.39, 0.29) is 12.0 Å². The number of hydrogen-bond acceptors (Lipinski definition) is 2. The Labute approximate surface area is 87.3 Å². The first-order chi connectivity index (χ1) is 6.53. The molecule has 0 aromatic carbocycles. The molecule has 2 nitrogen and oxygen atoms in total. The maximum absolute atomic E-state index is 9.11. The highest BCUT2D eigenvalue weighted by Crippen LogP contribution is 2.16. The average Bonchev–Trinajstić information content (AvgIpc) is 2.49. The van der Waals surface area contributed by atoms with Crippen molar-refractivity contribution in [2.75, 3.05) is 19.7 Å². The Morgan fingerprint density at radius 3 is 2.71 bits per heavy atom. The van der Waals surface area contributed by atoms with Crippen LogP contribution in [0.5, 0.6) is 0 Å². The number of rotatable bonds is 2.